The van der Waals surface area contributed by atoms with E-state index >= 15 is 0 Å². The SMILES string of the molecule is O=C(O)/C(=C/c1ccsc1)c1ccc(Cl)cc1Cl. The summed E-state index contributed by atoms with van der Waals surface area (Å²) in [6.07, 6.45) is 1.59. The van der Waals surface area contributed by atoms with E-state index in [9.17, 15) is 9.90 Å². The van der Waals surface area contributed by atoms with Crippen LogP contribution in [0.5, 0.6) is 0 Å². The van der Waals surface area contributed by atoms with Gasteiger partial charge in [-0.15, -0.1) is 0 Å². The molecule has 1 heterocycles. The highest BCUT2D eigenvalue weighted by atomic mass is 35.5. The summed E-state index contributed by atoms with van der Waals surface area (Å²) < 4.78 is 0. The summed E-state index contributed by atoms with van der Waals surface area (Å²) in [5.74, 6) is -1.02. The molecule has 0 aliphatic rings. The summed E-state index contributed by atoms with van der Waals surface area (Å²) in [4.78, 5) is 11.3. The third-order valence-electron chi connectivity index (χ3n) is 2.31. The molecule has 1 N–H and O–H groups in total. The van der Waals surface area contributed by atoms with E-state index in [1.54, 1.807) is 18.2 Å². The van der Waals surface area contributed by atoms with Crippen molar-refractivity contribution < 1.29 is 9.90 Å². The first-order valence-electron chi connectivity index (χ1n) is 5.00. The van der Waals surface area contributed by atoms with Gasteiger partial charge in [0.15, 0.2) is 0 Å². The Morgan fingerprint density at radius 2 is 2.06 bits per heavy atom. The van der Waals surface area contributed by atoms with Crippen LogP contribution in [0, 0.1) is 0 Å². The standard InChI is InChI=1S/C13H8Cl2O2S/c14-9-1-2-10(12(15)6-9)11(13(16)17)5-8-3-4-18-7-8/h1-7H,(H,16,17)/b11-5+. The molecule has 1 aromatic carbocycles. The average molecular weight is 299 g/mol. The van der Waals surface area contributed by atoms with Crippen LogP contribution in [0.25, 0.3) is 11.6 Å². The molecule has 0 saturated carbocycles. The third-order valence-corrected chi connectivity index (χ3v) is 3.56. The van der Waals surface area contributed by atoms with Crippen LogP contribution in [0.3, 0.4) is 0 Å². The minimum atomic E-state index is -1.02. The number of hydrogen-bond acceptors (Lipinski definition) is 2. The lowest BCUT2D eigenvalue weighted by atomic mass is 10.0. The summed E-state index contributed by atoms with van der Waals surface area (Å²) in [6, 6.07) is 6.60. The smallest absolute Gasteiger partial charge is 0.336 e. The number of aliphatic carboxylic acids is 1. The van der Waals surface area contributed by atoms with Gasteiger partial charge in [-0.3, -0.25) is 0 Å². The van der Waals surface area contributed by atoms with Crippen LogP contribution < -0.4 is 0 Å². The fraction of sp³-hybridized carbons (Fsp3) is 0. The second kappa shape index (κ2) is 5.57. The Bertz CT molecular complexity index is 603. The van der Waals surface area contributed by atoms with Gasteiger partial charge >= 0.3 is 5.97 Å². The van der Waals surface area contributed by atoms with Gasteiger partial charge in [-0.2, -0.15) is 11.3 Å². The fourth-order valence-corrected chi connectivity index (χ4v) is 2.61. The molecule has 0 atom stereocenters. The molecule has 1 aromatic heterocycles. The fourth-order valence-electron chi connectivity index (χ4n) is 1.49. The summed E-state index contributed by atoms with van der Waals surface area (Å²) >= 11 is 13.3. The first-order chi connectivity index (χ1) is 8.58. The number of hydrogen-bond donors (Lipinski definition) is 1. The van der Waals surface area contributed by atoms with Crippen molar-refractivity contribution in [2.24, 2.45) is 0 Å². The summed E-state index contributed by atoms with van der Waals surface area (Å²) in [7, 11) is 0. The van der Waals surface area contributed by atoms with Crippen LogP contribution in [-0.4, -0.2) is 11.1 Å². The molecule has 92 valence electrons. The Morgan fingerprint density at radius 3 is 2.61 bits per heavy atom. The van der Waals surface area contributed by atoms with Gasteiger partial charge in [0.1, 0.15) is 0 Å². The molecule has 0 aliphatic heterocycles. The van der Waals surface area contributed by atoms with Crippen molar-refractivity contribution >= 4 is 52.2 Å². The van der Waals surface area contributed by atoms with E-state index in [-0.39, 0.29) is 5.57 Å². The molecular formula is C13H8Cl2O2S. The molecule has 0 bridgehead atoms. The van der Waals surface area contributed by atoms with E-state index in [1.165, 1.54) is 17.4 Å². The van der Waals surface area contributed by atoms with Crippen molar-refractivity contribution in [3.8, 4) is 0 Å². The van der Waals surface area contributed by atoms with E-state index in [0.29, 0.717) is 15.6 Å². The first kappa shape index (κ1) is 13.1. The van der Waals surface area contributed by atoms with Crippen molar-refractivity contribution in [2.45, 2.75) is 0 Å². The van der Waals surface area contributed by atoms with Crippen molar-refractivity contribution in [1.82, 2.24) is 0 Å². The molecule has 0 spiro atoms. The Balaban J connectivity index is 2.52. The molecular weight excluding hydrogens is 291 g/mol. The van der Waals surface area contributed by atoms with Crippen LogP contribution in [0.1, 0.15) is 11.1 Å². The minimum absolute atomic E-state index is 0.148. The zero-order valence-corrected chi connectivity index (χ0v) is 11.4. The highest BCUT2D eigenvalue weighted by Crippen LogP contribution is 2.29. The molecule has 0 radical (unpaired) electrons. The second-order valence-corrected chi connectivity index (χ2v) is 5.17. The largest absolute Gasteiger partial charge is 0.478 e. The highest BCUT2D eigenvalue weighted by molar-refractivity contribution is 7.08. The topological polar surface area (TPSA) is 37.3 Å². The zero-order chi connectivity index (χ0) is 13.1. The number of rotatable bonds is 3. The molecule has 2 aromatic rings. The van der Waals surface area contributed by atoms with Crippen LogP contribution in [0.15, 0.2) is 35.0 Å². The Labute approximate surface area is 118 Å². The summed E-state index contributed by atoms with van der Waals surface area (Å²) in [6.45, 7) is 0. The maximum atomic E-state index is 11.3. The van der Waals surface area contributed by atoms with E-state index < -0.39 is 5.97 Å². The zero-order valence-electron chi connectivity index (χ0n) is 9.06. The maximum absolute atomic E-state index is 11.3. The van der Waals surface area contributed by atoms with Gasteiger partial charge in [0.2, 0.25) is 0 Å². The molecule has 0 fully saturated rings. The lowest BCUT2D eigenvalue weighted by Gasteiger charge is -2.05. The van der Waals surface area contributed by atoms with E-state index in [1.807, 2.05) is 16.8 Å². The molecule has 2 rings (SSSR count). The van der Waals surface area contributed by atoms with Crippen LogP contribution in [0.2, 0.25) is 10.0 Å². The normalized spacial score (nSPS) is 11.6. The van der Waals surface area contributed by atoms with E-state index in [0.717, 1.165) is 5.56 Å². The van der Waals surface area contributed by atoms with E-state index in [2.05, 4.69) is 0 Å². The van der Waals surface area contributed by atoms with Crippen molar-refractivity contribution in [2.75, 3.05) is 0 Å². The molecule has 0 aliphatic carbocycles. The first-order valence-corrected chi connectivity index (χ1v) is 6.70. The van der Waals surface area contributed by atoms with Crippen molar-refractivity contribution in [3.05, 3.63) is 56.2 Å². The summed E-state index contributed by atoms with van der Waals surface area (Å²) in [5, 5.41) is 13.8. The Morgan fingerprint density at radius 1 is 1.28 bits per heavy atom. The number of carboxylic acids is 1. The number of carbonyl (C=O) groups is 1. The quantitative estimate of drug-likeness (QED) is 0.835. The molecule has 18 heavy (non-hydrogen) atoms. The number of halogens is 2. The van der Waals surface area contributed by atoms with Crippen molar-refractivity contribution in [1.29, 1.82) is 0 Å². The predicted molar refractivity (Wildman–Crippen MR) is 76.3 cm³/mol. The second-order valence-electron chi connectivity index (χ2n) is 3.54. The Kier molecular flexibility index (Phi) is 4.07. The summed E-state index contributed by atoms with van der Waals surface area (Å²) in [5.41, 5.74) is 1.44. The molecule has 0 unspecified atom stereocenters. The van der Waals surface area contributed by atoms with E-state index in [4.69, 9.17) is 23.2 Å². The third kappa shape index (κ3) is 2.93. The Hall–Kier alpha value is -1.29. The molecule has 0 amide bonds. The monoisotopic (exact) mass is 298 g/mol. The average Bonchev–Trinajstić information content (AvgIpc) is 2.79. The predicted octanol–water partition coefficient (Wildman–Crippen LogP) is 4.68. The number of carboxylic acid groups (broad SMARTS) is 1. The maximum Gasteiger partial charge on any atom is 0.336 e. The molecule has 5 heteroatoms. The van der Waals surface area contributed by atoms with Gasteiger partial charge in [0.25, 0.3) is 0 Å². The lowest BCUT2D eigenvalue weighted by Crippen LogP contribution is -2.00. The minimum Gasteiger partial charge on any atom is -0.478 e. The van der Waals surface area contributed by atoms with Gasteiger partial charge in [0, 0.05) is 10.6 Å². The van der Waals surface area contributed by atoms with Gasteiger partial charge in [-0.05, 0) is 40.6 Å². The van der Waals surface area contributed by atoms with Gasteiger partial charge in [0.05, 0.1) is 10.6 Å². The lowest BCUT2D eigenvalue weighted by molar-refractivity contribution is -0.130. The van der Waals surface area contributed by atoms with Gasteiger partial charge in [-0.25, -0.2) is 4.79 Å². The van der Waals surface area contributed by atoms with Gasteiger partial charge < -0.3 is 5.11 Å². The molecule has 0 saturated heterocycles. The van der Waals surface area contributed by atoms with Crippen molar-refractivity contribution in [3.63, 3.8) is 0 Å². The van der Waals surface area contributed by atoms with Crippen LogP contribution >= 0.6 is 34.5 Å². The van der Waals surface area contributed by atoms with Crippen LogP contribution in [-0.2, 0) is 4.79 Å². The van der Waals surface area contributed by atoms with Crippen LogP contribution in [0.4, 0.5) is 0 Å². The highest BCUT2D eigenvalue weighted by Gasteiger charge is 2.14. The van der Waals surface area contributed by atoms with Gasteiger partial charge in [-0.1, -0.05) is 29.3 Å². The molecule has 2 nitrogen and oxygen atoms in total. The number of thiophene rings is 1. The number of benzene rings is 1.